The van der Waals surface area contributed by atoms with E-state index in [9.17, 15) is 0 Å². The summed E-state index contributed by atoms with van der Waals surface area (Å²) in [6.07, 6.45) is 4.89. The smallest absolute Gasteiger partial charge is 0.0701 e. The molecule has 21 heavy (non-hydrogen) atoms. The number of rotatable bonds is 13. The average molecular weight is 302 g/mol. The van der Waals surface area contributed by atoms with Gasteiger partial charge < -0.3 is 19.5 Å². The van der Waals surface area contributed by atoms with Gasteiger partial charge in [-0.2, -0.15) is 0 Å². The first-order valence-electron chi connectivity index (χ1n) is 8.48. The largest absolute Gasteiger partial charge is 0.379 e. The molecule has 0 saturated carbocycles. The molecule has 1 rings (SSSR count). The van der Waals surface area contributed by atoms with E-state index in [0.29, 0.717) is 32.5 Å². The highest BCUT2D eigenvalue weighted by atomic mass is 16.5. The van der Waals surface area contributed by atoms with Crippen LogP contribution in [0.4, 0.5) is 0 Å². The van der Waals surface area contributed by atoms with Crippen LogP contribution in [-0.2, 0) is 14.2 Å². The fraction of sp³-hybridized carbons (Fsp3) is 1.00. The molecule has 1 heterocycles. The van der Waals surface area contributed by atoms with E-state index in [0.717, 1.165) is 32.7 Å². The molecule has 1 N–H and O–H groups in total. The molecule has 0 amide bonds. The summed E-state index contributed by atoms with van der Waals surface area (Å²) in [6, 6.07) is 0.666. The van der Waals surface area contributed by atoms with Crippen LogP contribution in [0.3, 0.4) is 0 Å². The SMILES string of the molecule is CCCCOCCOCCOCCN(C)C1CCCNC1. The molecule has 0 bridgehead atoms. The van der Waals surface area contributed by atoms with Crippen LogP contribution in [-0.4, -0.2) is 77.3 Å². The molecule has 0 aromatic carbocycles. The average Bonchev–Trinajstić information content (AvgIpc) is 2.53. The molecule has 126 valence electrons. The van der Waals surface area contributed by atoms with Crippen molar-refractivity contribution in [1.82, 2.24) is 10.2 Å². The maximum Gasteiger partial charge on any atom is 0.0701 e. The Labute approximate surface area is 130 Å². The molecule has 1 unspecified atom stereocenters. The van der Waals surface area contributed by atoms with Crippen LogP contribution in [0.5, 0.6) is 0 Å². The van der Waals surface area contributed by atoms with Gasteiger partial charge >= 0.3 is 0 Å². The molecule has 0 aromatic rings. The highest BCUT2D eigenvalue weighted by molar-refractivity contribution is 4.76. The third-order valence-electron chi connectivity index (χ3n) is 3.87. The summed E-state index contributed by atoms with van der Waals surface area (Å²) >= 11 is 0. The zero-order valence-corrected chi connectivity index (χ0v) is 13.9. The molecule has 5 nitrogen and oxygen atoms in total. The predicted molar refractivity (Wildman–Crippen MR) is 85.9 cm³/mol. The number of unbranched alkanes of at least 4 members (excludes halogenated alkanes) is 1. The minimum absolute atomic E-state index is 0.659. The molecule has 1 aliphatic heterocycles. The minimum atomic E-state index is 0.659. The van der Waals surface area contributed by atoms with Crippen molar-refractivity contribution in [2.75, 3.05) is 66.3 Å². The third kappa shape index (κ3) is 10.2. The number of piperidine rings is 1. The van der Waals surface area contributed by atoms with E-state index in [4.69, 9.17) is 14.2 Å². The second-order valence-electron chi connectivity index (χ2n) is 5.67. The standard InChI is InChI=1S/C16H34N2O3/c1-3-4-9-19-11-13-21-14-12-20-10-8-18(2)16-6-5-7-17-15-16/h16-17H,3-15H2,1-2H3. The summed E-state index contributed by atoms with van der Waals surface area (Å²) < 4.78 is 16.5. The zero-order valence-electron chi connectivity index (χ0n) is 13.9. The molecule has 0 spiro atoms. The Hall–Kier alpha value is -0.200. The number of nitrogens with one attached hydrogen (secondary N) is 1. The summed E-state index contributed by atoms with van der Waals surface area (Å²) in [5.74, 6) is 0. The van der Waals surface area contributed by atoms with E-state index in [1.807, 2.05) is 0 Å². The van der Waals surface area contributed by atoms with Crippen LogP contribution >= 0.6 is 0 Å². The van der Waals surface area contributed by atoms with E-state index in [1.54, 1.807) is 0 Å². The van der Waals surface area contributed by atoms with Crippen molar-refractivity contribution in [2.45, 2.75) is 38.6 Å². The fourth-order valence-electron chi connectivity index (χ4n) is 2.39. The molecule has 1 atom stereocenters. The van der Waals surface area contributed by atoms with Gasteiger partial charge in [0.15, 0.2) is 0 Å². The van der Waals surface area contributed by atoms with Gasteiger partial charge in [0, 0.05) is 25.7 Å². The van der Waals surface area contributed by atoms with E-state index in [2.05, 4.69) is 24.2 Å². The van der Waals surface area contributed by atoms with E-state index >= 15 is 0 Å². The molecule has 0 radical (unpaired) electrons. The normalized spacial score (nSPS) is 19.3. The van der Waals surface area contributed by atoms with Crippen LogP contribution in [0.25, 0.3) is 0 Å². The molecular formula is C16H34N2O3. The van der Waals surface area contributed by atoms with E-state index in [-0.39, 0.29) is 0 Å². The maximum absolute atomic E-state index is 5.61. The van der Waals surface area contributed by atoms with E-state index < -0.39 is 0 Å². The van der Waals surface area contributed by atoms with Crippen molar-refractivity contribution in [3.05, 3.63) is 0 Å². The quantitative estimate of drug-likeness (QED) is 0.523. The Bertz CT molecular complexity index is 224. The Kier molecular flexibility index (Phi) is 12.1. The van der Waals surface area contributed by atoms with Crippen molar-refractivity contribution in [3.8, 4) is 0 Å². The third-order valence-corrected chi connectivity index (χ3v) is 3.87. The lowest BCUT2D eigenvalue weighted by molar-refractivity contribution is 0.00904. The lowest BCUT2D eigenvalue weighted by Gasteiger charge is -2.31. The lowest BCUT2D eigenvalue weighted by Crippen LogP contribution is -2.45. The van der Waals surface area contributed by atoms with Gasteiger partial charge in [-0.15, -0.1) is 0 Å². The van der Waals surface area contributed by atoms with Gasteiger partial charge in [0.1, 0.15) is 0 Å². The highest BCUT2D eigenvalue weighted by Crippen LogP contribution is 2.07. The van der Waals surface area contributed by atoms with Gasteiger partial charge in [0.05, 0.1) is 33.0 Å². The van der Waals surface area contributed by atoms with Crippen LogP contribution in [0.2, 0.25) is 0 Å². The van der Waals surface area contributed by atoms with Crippen molar-refractivity contribution < 1.29 is 14.2 Å². The Morgan fingerprint density at radius 2 is 1.67 bits per heavy atom. The second kappa shape index (κ2) is 13.5. The molecular weight excluding hydrogens is 268 g/mol. The van der Waals surface area contributed by atoms with Crippen molar-refractivity contribution in [2.24, 2.45) is 0 Å². The van der Waals surface area contributed by atoms with Crippen LogP contribution in [0.15, 0.2) is 0 Å². The first-order valence-corrected chi connectivity index (χ1v) is 8.48. The van der Waals surface area contributed by atoms with Crippen LogP contribution in [0.1, 0.15) is 32.6 Å². The summed E-state index contributed by atoms with van der Waals surface area (Å²) in [4.78, 5) is 2.40. The molecule has 1 fully saturated rings. The fourth-order valence-corrected chi connectivity index (χ4v) is 2.39. The van der Waals surface area contributed by atoms with Gasteiger partial charge in [0.25, 0.3) is 0 Å². The monoisotopic (exact) mass is 302 g/mol. The van der Waals surface area contributed by atoms with Crippen molar-refractivity contribution in [3.63, 3.8) is 0 Å². The summed E-state index contributed by atoms with van der Waals surface area (Å²) in [5.41, 5.74) is 0. The Balaban J connectivity index is 1.79. The lowest BCUT2D eigenvalue weighted by atomic mass is 10.1. The van der Waals surface area contributed by atoms with Gasteiger partial charge in [-0.3, -0.25) is 4.90 Å². The Morgan fingerprint density at radius 1 is 1.00 bits per heavy atom. The van der Waals surface area contributed by atoms with E-state index in [1.165, 1.54) is 25.8 Å². The zero-order chi connectivity index (χ0) is 15.2. The minimum Gasteiger partial charge on any atom is -0.379 e. The molecule has 5 heteroatoms. The maximum atomic E-state index is 5.61. The number of ether oxygens (including phenoxy) is 3. The molecule has 0 aromatic heterocycles. The van der Waals surface area contributed by atoms with Crippen LogP contribution in [0, 0.1) is 0 Å². The summed E-state index contributed by atoms with van der Waals surface area (Å²) in [6.45, 7) is 9.75. The summed E-state index contributed by atoms with van der Waals surface area (Å²) in [7, 11) is 2.19. The van der Waals surface area contributed by atoms with Crippen LogP contribution < -0.4 is 5.32 Å². The number of nitrogens with zero attached hydrogens (tertiary/aromatic N) is 1. The second-order valence-corrected chi connectivity index (χ2v) is 5.67. The van der Waals surface area contributed by atoms with Crippen molar-refractivity contribution in [1.29, 1.82) is 0 Å². The first kappa shape index (κ1) is 18.8. The number of hydrogen-bond acceptors (Lipinski definition) is 5. The molecule has 0 aliphatic carbocycles. The van der Waals surface area contributed by atoms with Gasteiger partial charge in [-0.1, -0.05) is 13.3 Å². The number of hydrogen-bond donors (Lipinski definition) is 1. The first-order chi connectivity index (χ1) is 10.3. The summed E-state index contributed by atoms with van der Waals surface area (Å²) in [5, 5.41) is 3.44. The van der Waals surface area contributed by atoms with Gasteiger partial charge in [0.2, 0.25) is 0 Å². The Morgan fingerprint density at radius 3 is 2.29 bits per heavy atom. The van der Waals surface area contributed by atoms with Crippen molar-refractivity contribution >= 4 is 0 Å². The number of likely N-dealkylation sites (N-methyl/N-ethyl adjacent to an activating group) is 1. The van der Waals surface area contributed by atoms with Gasteiger partial charge in [-0.05, 0) is 32.9 Å². The topological polar surface area (TPSA) is 43.0 Å². The molecule has 1 saturated heterocycles. The predicted octanol–water partition coefficient (Wildman–Crippen LogP) is 1.52. The van der Waals surface area contributed by atoms with Gasteiger partial charge in [-0.25, -0.2) is 0 Å². The molecule has 1 aliphatic rings. The highest BCUT2D eigenvalue weighted by Gasteiger charge is 2.16.